The normalized spacial score (nSPS) is 17.5. The minimum Gasteiger partial charge on any atom is -0.487 e. The second kappa shape index (κ2) is 9.65. The zero-order valence-corrected chi connectivity index (χ0v) is 18.3. The van der Waals surface area contributed by atoms with Gasteiger partial charge in [-0.05, 0) is 44.0 Å². The average molecular weight is 409 g/mol. The highest BCUT2D eigenvalue weighted by Gasteiger charge is 2.33. The molecule has 2 aromatic rings. The van der Waals surface area contributed by atoms with Crippen LogP contribution in [0.25, 0.3) is 0 Å². The molecule has 0 radical (unpaired) electrons. The Kier molecular flexibility index (Phi) is 6.98. The van der Waals surface area contributed by atoms with Crippen molar-refractivity contribution < 1.29 is 9.53 Å². The topological polar surface area (TPSA) is 74.8 Å². The van der Waals surface area contributed by atoms with E-state index in [0.29, 0.717) is 13.0 Å². The molecule has 2 aromatic carbocycles. The third-order valence-corrected chi connectivity index (χ3v) is 5.09. The number of anilines is 1. The summed E-state index contributed by atoms with van der Waals surface area (Å²) in [5, 5.41) is 9.83. The number of nitrogens with zero attached hydrogens (tertiary/aromatic N) is 1. The van der Waals surface area contributed by atoms with Gasteiger partial charge in [-0.1, -0.05) is 37.3 Å². The number of amides is 1. The van der Waals surface area contributed by atoms with Crippen LogP contribution >= 0.6 is 0 Å². The summed E-state index contributed by atoms with van der Waals surface area (Å²) in [4.78, 5) is 16.1. The molecule has 160 valence electrons. The molecule has 0 spiro atoms. The van der Waals surface area contributed by atoms with Gasteiger partial charge in [0.2, 0.25) is 5.91 Å². The Balaban J connectivity index is 1.60. The van der Waals surface area contributed by atoms with Crippen LogP contribution in [0.3, 0.4) is 0 Å². The molecule has 0 fully saturated rings. The van der Waals surface area contributed by atoms with Gasteiger partial charge in [-0.3, -0.25) is 9.79 Å². The standard InChI is InChI=1S/C24H32N4O2/c1-5-8-22(29)27-18-13-11-17(12-14-18)16-26-23(25-4)28-20-15-24(2,3)30-21-10-7-6-9-19(20)21/h6-7,9-14,20H,5,8,15-16H2,1-4H3,(H,27,29)(H2,25,26,28). The first kappa shape index (κ1) is 21.7. The van der Waals surface area contributed by atoms with Crippen LogP contribution in [0.4, 0.5) is 5.69 Å². The first-order valence-corrected chi connectivity index (χ1v) is 10.5. The summed E-state index contributed by atoms with van der Waals surface area (Å²) in [5.74, 6) is 1.71. The van der Waals surface area contributed by atoms with Crippen LogP contribution < -0.4 is 20.7 Å². The highest BCUT2D eigenvalue weighted by molar-refractivity contribution is 5.90. The van der Waals surface area contributed by atoms with Crippen molar-refractivity contribution >= 4 is 17.6 Å². The van der Waals surface area contributed by atoms with Crippen molar-refractivity contribution in [2.24, 2.45) is 4.99 Å². The first-order chi connectivity index (χ1) is 14.4. The summed E-state index contributed by atoms with van der Waals surface area (Å²) in [5.41, 5.74) is 2.83. The van der Waals surface area contributed by atoms with E-state index in [0.717, 1.165) is 41.4 Å². The second-order valence-electron chi connectivity index (χ2n) is 8.22. The van der Waals surface area contributed by atoms with Crippen LogP contribution in [0.1, 0.15) is 57.2 Å². The van der Waals surface area contributed by atoms with Crippen molar-refractivity contribution in [3.8, 4) is 5.75 Å². The molecule has 1 aliphatic heterocycles. The van der Waals surface area contributed by atoms with Gasteiger partial charge in [0.1, 0.15) is 11.4 Å². The van der Waals surface area contributed by atoms with Gasteiger partial charge < -0.3 is 20.7 Å². The fourth-order valence-electron chi connectivity index (χ4n) is 3.63. The molecular weight excluding hydrogens is 376 g/mol. The molecule has 6 nitrogen and oxygen atoms in total. The van der Waals surface area contributed by atoms with E-state index in [1.807, 2.05) is 49.4 Å². The van der Waals surface area contributed by atoms with Gasteiger partial charge in [-0.2, -0.15) is 0 Å². The zero-order valence-electron chi connectivity index (χ0n) is 18.3. The van der Waals surface area contributed by atoms with Gasteiger partial charge in [0, 0.05) is 37.7 Å². The summed E-state index contributed by atoms with van der Waals surface area (Å²) >= 11 is 0. The minimum absolute atomic E-state index is 0.0487. The Labute approximate surface area is 179 Å². The number of carbonyl (C=O) groups is 1. The predicted molar refractivity (Wildman–Crippen MR) is 122 cm³/mol. The molecule has 0 saturated carbocycles. The summed E-state index contributed by atoms with van der Waals surface area (Å²) in [6.07, 6.45) is 2.23. The highest BCUT2D eigenvalue weighted by atomic mass is 16.5. The van der Waals surface area contributed by atoms with E-state index < -0.39 is 0 Å². The molecule has 1 atom stereocenters. The summed E-state index contributed by atoms with van der Waals surface area (Å²) < 4.78 is 6.12. The highest BCUT2D eigenvalue weighted by Crippen LogP contribution is 2.39. The Hall–Kier alpha value is -3.02. The molecule has 1 aliphatic rings. The van der Waals surface area contributed by atoms with Crippen molar-refractivity contribution in [2.45, 2.75) is 58.2 Å². The number of fused-ring (bicyclic) bond motifs is 1. The molecular formula is C24H32N4O2. The van der Waals surface area contributed by atoms with Crippen LogP contribution in [-0.2, 0) is 11.3 Å². The molecule has 0 aromatic heterocycles. The van der Waals surface area contributed by atoms with E-state index in [4.69, 9.17) is 4.74 Å². The van der Waals surface area contributed by atoms with E-state index in [2.05, 4.69) is 40.9 Å². The molecule has 0 saturated heterocycles. The smallest absolute Gasteiger partial charge is 0.224 e. The molecule has 0 bridgehead atoms. The SMILES string of the molecule is CCCC(=O)Nc1ccc(CNC(=NC)NC2CC(C)(C)Oc3ccccc32)cc1. The number of aliphatic imine (C=N–C) groups is 1. The number of hydrogen-bond donors (Lipinski definition) is 3. The Morgan fingerprint density at radius 1 is 1.17 bits per heavy atom. The van der Waals surface area contributed by atoms with Crippen molar-refractivity contribution in [1.29, 1.82) is 0 Å². The van der Waals surface area contributed by atoms with E-state index in [9.17, 15) is 4.79 Å². The average Bonchev–Trinajstić information content (AvgIpc) is 2.71. The number of guanidine groups is 1. The van der Waals surface area contributed by atoms with Gasteiger partial charge in [-0.15, -0.1) is 0 Å². The number of carbonyl (C=O) groups excluding carboxylic acids is 1. The van der Waals surface area contributed by atoms with Gasteiger partial charge in [0.05, 0.1) is 6.04 Å². The number of ether oxygens (including phenoxy) is 1. The van der Waals surface area contributed by atoms with Crippen LogP contribution in [0.2, 0.25) is 0 Å². The predicted octanol–water partition coefficient (Wildman–Crippen LogP) is 4.39. The van der Waals surface area contributed by atoms with Crippen molar-refractivity contribution in [3.63, 3.8) is 0 Å². The van der Waals surface area contributed by atoms with Gasteiger partial charge >= 0.3 is 0 Å². The summed E-state index contributed by atoms with van der Waals surface area (Å²) in [6.45, 7) is 6.84. The summed E-state index contributed by atoms with van der Waals surface area (Å²) in [6, 6.07) is 16.1. The molecule has 1 heterocycles. The van der Waals surface area contributed by atoms with Gasteiger partial charge in [-0.25, -0.2) is 0 Å². The third kappa shape index (κ3) is 5.75. The quantitative estimate of drug-likeness (QED) is 0.489. The van der Waals surface area contributed by atoms with E-state index in [1.54, 1.807) is 7.05 Å². The molecule has 1 amide bonds. The van der Waals surface area contributed by atoms with E-state index in [1.165, 1.54) is 0 Å². The summed E-state index contributed by atoms with van der Waals surface area (Å²) in [7, 11) is 1.78. The Morgan fingerprint density at radius 3 is 2.60 bits per heavy atom. The lowest BCUT2D eigenvalue weighted by atomic mass is 9.90. The number of para-hydroxylation sites is 1. The number of nitrogens with one attached hydrogen (secondary N) is 3. The lowest BCUT2D eigenvalue weighted by Gasteiger charge is -2.38. The molecule has 3 rings (SSSR count). The molecule has 6 heteroatoms. The number of hydrogen-bond acceptors (Lipinski definition) is 3. The lowest BCUT2D eigenvalue weighted by Crippen LogP contribution is -2.45. The van der Waals surface area contributed by atoms with Gasteiger partial charge in [0.15, 0.2) is 5.96 Å². The van der Waals surface area contributed by atoms with E-state index in [-0.39, 0.29) is 17.6 Å². The largest absolute Gasteiger partial charge is 0.487 e. The molecule has 0 aliphatic carbocycles. The lowest BCUT2D eigenvalue weighted by molar-refractivity contribution is -0.116. The van der Waals surface area contributed by atoms with Crippen LogP contribution in [0, 0.1) is 0 Å². The Bertz CT molecular complexity index is 890. The zero-order chi connectivity index (χ0) is 21.6. The first-order valence-electron chi connectivity index (χ1n) is 10.5. The second-order valence-corrected chi connectivity index (χ2v) is 8.22. The molecule has 3 N–H and O–H groups in total. The van der Waals surface area contributed by atoms with Crippen LogP contribution in [0.5, 0.6) is 5.75 Å². The maximum absolute atomic E-state index is 11.7. The fraction of sp³-hybridized carbons (Fsp3) is 0.417. The van der Waals surface area contributed by atoms with Crippen LogP contribution in [0.15, 0.2) is 53.5 Å². The maximum Gasteiger partial charge on any atom is 0.224 e. The third-order valence-electron chi connectivity index (χ3n) is 5.09. The van der Waals surface area contributed by atoms with Crippen LogP contribution in [-0.4, -0.2) is 24.5 Å². The maximum atomic E-state index is 11.7. The van der Waals surface area contributed by atoms with E-state index >= 15 is 0 Å². The number of rotatable bonds is 6. The monoisotopic (exact) mass is 408 g/mol. The fourth-order valence-corrected chi connectivity index (χ4v) is 3.63. The molecule has 30 heavy (non-hydrogen) atoms. The van der Waals surface area contributed by atoms with Crippen molar-refractivity contribution in [3.05, 3.63) is 59.7 Å². The molecule has 1 unspecified atom stereocenters. The van der Waals surface area contributed by atoms with Crippen molar-refractivity contribution in [1.82, 2.24) is 10.6 Å². The minimum atomic E-state index is -0.247. The number of benzene rings is 2. The Morgan fingerprint density at radius 2 is 1.90 bits per heavy atom. The van der Waals surface area contributed by atoms with Crippen molar-refractivity contribution in [2.75, 3.05) is 12.4 Å². The van der Waals surface area contributed by atoms with Gasteiger partial charge in [0.25, 0.3) is 0 Å².